The topological polar surface area (TPSA) is 57.8 Å². The zero-order valence-corrected chi connectivity index (χ0v) is 12.7. The monoisotopic (exact) mass is 295 g/mol. The molecule has 0 aromatic carbocycles. The predicted molar refractivity (Wildman–Crippen MR) is 82.3 cm³/mol. The Bertz CT molecular complexity index is 656. The van der Waals surface area contributed by atoms with Crippen molar-refractivity contribution in [3.8, 4) is 0 Å². The number of aryl methyl sites for hydroxylation is 2. The van der Waals surface area contributed by atoms with E-state index in [4.69, 9.17) is 0 Å². The molecule has 4 nitrogen and oxygen atoms in total. The SMILES string of the molecule is Cc1sc2nc(CNC3CCSC3)[nH]c(=O)c2c1C. The minimum absolute atomic E-state index is 0.00977. The number of hydrogen-bond donors (Lipinski definition) is 2. The van der Waals surface area contributed by atoms with E-state index in [0.29, 0.717) is 12.6 Å². The molecule has 1 fully saturated rings. The lowest BCUT2D eigenvalue weighted by molar-refractivity contribution is 0.545. The molecule has 2 N–H and O–H groups in total. The van der Waals surface area contributed by atoms with Crippen LogP contribution in [0.3, 0.4) is 0 Å². The van der Waals surface area contributed by atoms with Crippen molar-refractivity contribution in [2.45, 2.75) is 32.9 Å². The van der Waals surface area contributed by atoms with E-state index in [1.807, 2.05) is 25.6 Å². The number of nitrogens with one attached hydrogen (secondary N) is 2. The van der Waals surface area contributed by atoms with Gasteiger partial charge in [0.2, 0.25) is 0 Å². The van der Waals surface area contributed by atoms with Crippen LogP contribution in [0.4, 0.5) is 0 Å². The summed E-state index contributed by atoms with van der Waals surface area (Å²) in [5.74, 6) is 3.13. The van der Waals surface area contributed by atoms with Gasteiger partial charge in [0.15, 0.2) is 0 Å². The van der Waals surface area contributed by atoms with Gasteiger partial charge < -0.3 is 10.3 Å². The minimum Gasteiger partial charge on any atom is -0.309 e. The van der Waals surface area contributed by atoms with E-state index in [1.165, 1.54) is 17.1 Å². The molecule has 6 heteroatoms. The van der Waals surface area contributed by atoms with Crippen LogP contribution in [0, 0.1) is 13.8 Å². The highest BCUT2D eigenvalue weighted by molar-refractivity contribution is 7.99. The maximum Gasteiger partial charge on any atom is 0.259 e. The summed E-state index contributed by atoms with van der Waals surface area (Å²) in [7, 11) is 0. The van der Waals surface area contributed by atoms with E-state index >= 15 is 0 Å². The Labute approximate surface area is 120 Å². The van der Waals surface area contributed by atoms with Gasteiger partial charge in [-0.1, -0.05) is 0 Å². The number of aromatic amines is 1. The lowest BCUT2D eigenvalue weighted by Gasteiger charge is -2.10. The van der Waals surface area contributed by atoms with Gasteiger partial charge in [-0.2, -0.15) is 11.8 Å². The Morgan fingerprint density at radius 2 is 2.32 bits per heavy atom. The summed E-state index contributed by atoms with van der Waals surface area (Å²) in [6, 6.07) is 0.554. The van der Waals surface area contributed by atoms with Crippen LogP contribution in [0.5, 0.6) is 0 Å². The van der Waals surface area contributed by atoms with Crippen molar-refractivity contribution in [1.29, 1.82) is 0 Å². The number of rotatable bonds is 3. The molecular weight excluding hydrogens is 278 g/mol. The molecule has 0 saturated carbocycles. The molecule has 1 unspecified atom stereocenters. The molecule has 3 rings (SSSR count). The van der Waals surface area contributed by atoms with Crippen molar-refractivity contribution in [3.05, 3.63) is 26.6 Å². The third kappa shape index (κ3) is 2.57. The molecule has 0 radical (unpaired) electrons. The lowest BCUT2D eigenvalue weighted by atomic mass is 10.2. The molecule has 0 aliphatic carbocycles. The summed E-state index contributed by atoms with van der Waals surface area (Å²) < 4.78 is 0. The van der Waals surface area contributed by atoms with Crippen LogP contribution in [0.2, 0.25) is 0 Å². The van der Waals surface area contributed by atoms with Gasteiger partial charge in [0.25, 0.3) is 5.56 Å². The molecule has 0 spiro atoms. The Morgan fingerprint density at radius 3 is 3.05 bits per heavy atom. The second kappa shape index (κ2) is 5.26. The fraction of sp³-hybridized carbons (Fsp3) is 0.538. The quantitative estimate of drug-likeness (QED) is 0.911. The van der Waals surface area contributed by atoms with Crippen molar-refractivity contribution in [3.63, 3.8) is 0 Å². The molecule has 3 heterocycles. The summed E-state index contributed by atoms with van der Waals surface area (Å²) in [6.07, 6.45) is 1.20. The molecule has 2 aromatic heterocycles. The second-order valence-electron chi connectivity index (χ2n) is 4.92. The first-order chi connectivity index (χ1) is 9.15. The number of H-pyrrole nitrogens is 1. The van der Waals surface area contributed by atoms with Gasteiger partial charge in [-0.05, 0) is 31.6 Å². The van der Waals surface area contributed by atoms with Crippen LogP contribution in [0.25, 0.3) is 10.2 Å². The Morgan fingerprint density at radius 1 is 1.47 bits per heavy atom. The normalized spacial score (nSPS) is 19.4. The van der Waals surface area contributed by atoms with Gasteiger partial charge in [-0.15, -0.1) is 11.3 Å². The van der Waals surface area contributed by atoms with E-state index in [2.05, 4.69) is 15.3 Å². The molecule has 0 bridgehead atoms. The van der Waals surface area contributed by atoms with E-state index in [0.717, 1.165) is 27.4 Å². The Balaban J connectivity index is 1.86. The van der Waals surface area contributed by atoms with Crippen LogP contribution < -0.4 is 10.9 Å². The highest BCUT2D eigenvalue weighted by Gasteiger charge is 2.16. The number of nitrogens with zero attached hydrogens (tertiary/aromatic N) is 1. The highest BCUT2D eigenvalue weighted by atomic mass is 32.2. The average Bonchev–Trinajstić information content (AvgIpc) is 2.96. The lowest BCUT2D eigenvalue weighted by Crippen LogP contribution is -2.29. The summed E-state index contributed by atoms with van der Waals surface area (Å²) in [5.41, 5.74) is 1.05. The summed E-state index contributed by atoms with van der Waals surface area (Å²) in [5, 5.41) is 4.21. The Kier molecular flexibility index (Phi) is 3.64. The van der Waals surface area contributed by atoms with Crippen molar-refractivity contribution in [1.82, 2.24) is 15.3 Å². The molecule has 1 aliphatic heterocycles. The summed E-state index contributed by atoms with van der Waals surface area (Å²) in [4.78, 5) is 21.6. The van der Waals surface area contributed by atoms with Crippen molar-refractivity contribution < 1.29 is 0 Å². The first kappa shape index (κ1) is 13.1. The molecule has 1 aliphatic rings. The maximum atomic E-state index is 12.1. The zero-order valence-electron chi connectivity index (χ0n) is 11.1. The molecule has 19 heavy (non-hydrogen) atoms. The maximum absolute atomic E-state index is 12.1. The number of thiophene rings is 1. The standard InChI is InChI=1S/C13H17N3OS2/c1-7-8(2)19-13-11(7)12(17)15-10(16-13)5-14-9-3-4-18-6-9/h9,14H,3-6H2,1-2H3,(H,15,16,17). The third-order valence-electron chi connectivity index (χ3n) is 3.58. The minimum atomic E-state index is -0.00977. The van der Waals surface area contributed by atoms with Crippen molar-refractivity contribution in [2.24, 2.45) is 0 Å². The van der Waals surface area contributed by atoms with E-state index in [-0.39, 0.29) is 5.56 Å². The van der Waals surface area contributed by atoms with E-state index < -0.39 is 0 Å². The van der Waals surface area contributed by atoms with Crippen LogP contribution in [0.1, 0.15) is 22.7 Å². The molecular formula is C13H17N3OS2. The zero-order chi connectivity index (χ0) is 13.4. The van der Waals surface area contributed by atoms with Crippen LogP contribution in [-0.2, 0) is 6.54 Å². The molecule has 2 aromatic rings. The fourth-order valence-corrected chi connectivity index (χ4v) is 4.56. The van der Waals surface area contributed by atoms with E-state index in [9.17, 15) is 4.79 Å². The summed E-state index contributed by atoms with van der Waals surface area (Å²) in [6.45, 7) is 4.67. The van der Waals surface area contributed by atoms with Gasteiger partial charge in [-0.25, -0.2) is 4.98 Å². The fourth-order valence-electron chi connectivity index (χ4n) is 2.32. The molecule has 0 amide bonds. The first-order valence-electron chi connectivity index (χ1n) is 6.45. The molecule has 102 valence electrons. The van der Waals surface area contributed by atoms with Gasteiger partial charge >= 0.3 is 0 Å². The Hall–Kier alpha value is -0.850. The van der Waals surface area contributed by atoms with Gasteiger partial charge in [0.1, 0.15) is 10.7 Å². The van der Waals surface area contributed by atoms with Crippen LogP contribution in [-0.4, -0.2) is 27.5 Å². The average molecular weight is 295 g/mol. The smallest absolute Gasteiger partial charge is 0.259 e. The molecule has 1 atom stereocenters. The number of fused-ring (bicyclic) bond motifs is 1. The number of thioether (sulfide) groups is 1. The first-order valence-corrected chi connectivity index (χ1v) is 8.42. The van der Waals surface area contributed by atoms with Gasteiger partial charge in [0, 0.05) is 16.7 Å². The molecule has 1 saturated heterocycles. The third-order valence-corrected chi connectivity index (χ3v) is 5.84. The van der Waals surface area contributed by atoms with Crippen LogP contribution in [0.15, 0.2) is 4.79 Å². The van der Waals surface area contributed by atoms with Gasteiger partial charge in [-0.3, -0.25) is 4.79 Å². The number of aromatic nitrogens is 2. The second-order valence-corrected chi connectivity index (χ2v) is 7.27. The largest absolute Gasteiger partial charge is 0.309 e. The number of hydrogen-bond acceptors (Lipinski definition) is 5. The highest BCUT2D eigenvalue weighted by Crippen LogP contribution is 2.25. The van der Waals surface area contributed by atoms with Crippen molar-refractivity contribution in [2.75, 3.05) is 11.5 Å². The van der Waals surface area contributed by atoms with E-state index in [1.54, 1.807) is 11.3 Å². The predicted octanol–water partition coefficient (Wildman–Crippen LogP) is 2.20. The van der Waals surface area contributed by atoms with Crippen molar-refractivity contribution >= 4 is 33.3 Å². The van der Waals surface area contributed by atoms with Gasteiger partial charge in [0.05, 0.1) is 11.9 Å². The van der Waals surface area contributed by atoms with Crippen LogP contribution >= 0.6 is 23.1 Å². The summed E-state index contributed by atoms with van der Waals surface area (Å²) >= 11 is 3.58.